The predicted octanol–water partition coefficient (Wildman–Crippen LogP) is 4.55. The number of methoxy groups -OCH3 is 1. The van der Waals surface area contributed by atoms with Crippen LogP contribution in [0.1, 0.15) is 17.0 Å². The summed E-state index contributed by atoms with van der Waals surface area (Å²) in [5.41, 5.74) is 2.51. The van der Waals surface area contributed by atoms with E-state index in [1.165, 1.54) is 11.1 Å². The van der Waals surface area contributed by atoms with Gasteiger partial charge in [0.15, 0.2) is 5.16 Å². The quantitative estimate of drug-likeness (QED) is 0.412. The van der Waals surface area contributed by atoms with Crippen LogP contribution >= 0.6 is 11.8 Å². The van der Waals surface area contributed by atoms with Gasteiger partial charge in [-0.2, -0.15) is 0 Å². The van der Waals surface area contributed by atoms with E-state index in [2.05, 4.69) is 57.7 Å². The molecule has 1 aromatic heterocycles. The molecular weight excluding hydrogens is 342 g/mol. The third-order valence-electron chi connectivity index (χ3n) is 4.09. The maximum Gasteiger partial charge on any atom is 0.191 e. The molecule has 0 aliphatic heterocycles. The molecule has 0 N–H and O–H groups in total. The third kappa shape index (κ3) is 4.76. The van der Waals surface area contributed by atoms with Crippen LogP contribution in [0, 0.1) is 0 Å². The van der Waals surface area contributed by atoms with Crippen LogP contribution in [0.15, 0.2) is 72.4 Å². The Morgan fingerprint density at radius 2 is 1.85 bits per heavy atom. The predicted molar refractivity (Wildman–Crippen MR) is 107 cm³/mol. The van der Waals surface area contributed by atoms with Gasteiger partial charge in [-0.05, 0) is 29.7 Å². The second-order valence-corrected chi connectivity index (χ2v) is 6.87. The molecule has 2 aromatic carbocycles. The van der Waals surface area contributed by atoms with Crippen LogP contribution in [0.25, 0.3) is 0 Å². The number of rotatable bonds is 9. The van der Waals surface area contributed by atoms with E-state index >= 15 is 0 Å². The Morgan fingerprint density at radius 1 is 1.04 bits per heavy atom. The molecule has 3 aromatic rings. The van der Waals surface area contributed by atoms with Crippen molar-refractivity contribution in [2.24, 2.45) is 0 Å². The Kier molecular flexibility index (Phi) is 6.50. The molecule has 0 aliphatic rings. The number of benzene rings is 2. The monoisotopic (exact) mass is 365 g/mol. The molecular formula is C21H23N3OS. The Bertz CT molecular complexity index is 845. The van der Waals surface area contributed by atoms with E-state index in [0.29, 0.717) is 0 Å². The van der Waals surface area contributed by atoms with Crippen molar-refractivity contribution in [3.8, 4) is 5.75 Å². The van der Waals surface area contributed by atoms with E-state index in [1.807, 2.05) is 24.3 Å². The van der Waals surface area contributed by atoms with Crippen LogP contribution in [0.4, 0.5) is 0 Å². The molecule has 3 rings (SSSR count). The van der Waals surface area contributed by atoms with Gasteiger partial charge in [0.25, 0.3) is 0 Å². The van der Waals surface area contributed by atoms with Crippen molar-refractivity contribution in [3.05, 3.63) is 84.2 Å². The lowest BCUT2D eigenvalue weighted by molar-refractivity contribution is 0.414. The SMILES string of the molecule is C=CCn1c(CCc2ccccc2)nnc1SCc1cccc(OC)c1. The first-order valence-electron chi connectivity index (χ1n) is 8.63. The lowest BCUT2D eigenvalue weighted by Gasteiger charge is -2.08. The molecule has 0 amide bonds. The average molecular weight is 366 g/mol. The van der Waals surface area contributed by atoms with E-state index in [4.69, 9.17) is 4.74 Å². The summed E-state index contributed by atoms with van der Waals surface area (Å²) in [7, 11) is 1.69. The van der Waals surface area contributed by atoms with Gasteiger partial charge in [-0.15, -0.1) is 16.8 Å². The highest BCUT2D eigenvalue weighted by Crippen LogP contribution is 2.24. The molecule has 0 aliphatic carbocycles. The minimum atomic E-state index is 0.720. The van der Waals surface area contributed by atoms with Gasteiger partial charge in [-0.1, -0.05) is 60.3 Å². The molecule has 5 heteroatoms. The zero-order chi connectivity index (χ0) is 18.2. The standard InChI is InChI=1S/C21H23N3OS/c1-3-14-24-20(13-12-17-8-5-4-6-9-17)22-23-21(24)26-16-18-10-7-11-19(15-18)25-2/h3-11,15H,1,12-14,16H2,2H3. The smallest absolute Gasteiger partial charge is 0.191 e. The zero-order valence-electron chi connectivity index (χ0n) is 15.0. The number of hydrogen-bond acceptors (Lipinski definition) is 4. The summed E-state index contributed by atoms with van der Waals surface area (Å²) in [6.07, 6.45) is 3.71. The van der Waals surface area contributed by atoms with E-state index in [9.17, 15) is 0 Å². The first-order valence-corrected chi connectivity index (χ1v) is 9.61. The zero-order valence-corrected chi connectivity index (χ0v) is 15.8. The van der Waals surface area contributed by atoms with Gasteiger partial charge in [0, 0.05) is 18.7 Å². The van der Waals surface area contributed by atoms with Gasteiger partial charge in [0.2, 0.25) is 0 Å². The van der Waals surface area contributed by atoms with Crippen molar-refractivity contribution in [3.63, 3.8) is 0 Å². The Balaban J connectivity index is 1.68. The number of allylic oxidation sites excluding steroid dienone is 1. The average Bonchev–Trinajstić information content (AvgIpc) is 3.08. The molecule has 0 unspecified atom stereocenters. The summed E-state index contributed by atoms with van der Waals surface area (Å²) >= 11 is 1.69. The minimum absolute atomic E-state index is 0.720. The fourth-order valence-corrected chi connectivity index (χ4v) is 3.64. The van der Waals surface area contributed by atoms with Gasteiger partial charge in [0.05, 0.1) is 7.11 Å². The molecule has 0 saturated carbocycles. The number of aromatic nitrogens is 3. The number of nitrogens with zero attached hydrogens (tertiary/aromatic N) is 3. The van der Waals surface area contributed by atoms with Crippen molar-refractivity contribution < 1.29 is 4.74 Å². The summed E-state index contributed by atoms with van der Waals surface area (Å²) in [5, 5.41) is 9.74. The molecule has 0 spiro atoms. The van der Waals surface area contributed by atoms with Crippen molar-refractivity contribution in [1.82, 2.24) is 14.8 Å². The first-order chi connectivity index (χ1) is 12.8. The van der Waals surface area contributed by atoms with Gasteiger partial charge in [-0.25, -0.2) is 0 Å². The highest BCUT2D eigenvalue weighted by Gasteiger charge is 2.12. The largest absolute Gasteiger partial charge is 0.497 e. The van der Waals surface area contributed by atoms with Crippen LogP contribution < -0.4 is 4.74 Å². The van der Waals surface area contributed by atoms with Crippen LogP contribution in [0.3, 0.4) is 0 Å². The number of ether oxygens (including phenoxy) is 1. The Morgan fingerprint density at radius 3 is 2.62 bits per heavy atom. The van der Waals surface area contributed by atoms with Gasteiger partial charge in [-0.3, -0.25) is 0 Å². The Labute approximate surface area is 158 Å². The van der Waals surface area contributed by atoms with Crippen LogP contribution in [-0.4, -0.2) is 21.9 Å². The van der Waals surface area contributed by atoms with Crippen molar-refractivity contribution in [2.75, 3.05) is 7.11 Å². The van der Waals surface area contributed by atoms with Crippen molar-refractivity contribution in [1.29, 1.82) is 0 Å². The highest BCUT2D eigenvalue weighted by atomic mass is 32.2. The summed E-state index contributed by atoms with van der Waals surface area (Å²) in [6.45, 7) is 4.59. The van der Waals surface area contributed by atoms with Crippen LogP contribution in [-0.2, 0) is 25.1 Å². The van der Waals surface area contributed by atoms with E-state index in [-0.39, 0.29) is 0 Å². The van der Waals surface area contributed by atoms with Crippen LogP contribution in [0.2, 0.25) is 0 Å². The molecule has 0 fully saturated rings. The Hall–Kier alpha value is -2.53. The fourth-order valence-electron chi connectivity index (χ4n) is 2.73. The lowest BCUT2D eigenvalue weighted by Crippen LogP contribution is -2.05. The molecule has 1 heterocycles. The molecule has 4 nitrogen and oxygen atoms in total. The number of hydrogen-bond donors (Lipinski definition) is 0. The maximum atomic E-state index is 5.29. The summed E-state index contributed by atoms with van der Waals surface area (Å²) < 4.78 is 7.45. The van der Waals surface area contributed by atoms with Gasteiger partial charge < -0.3 is 9.30 Å². The van der Waals surface area contributed by atoms with Crippen molar-refractivity contribution >= 4 is 11.8 Å². The highest BCUT2D eigenvalue weighted by molar-refractivity contribution is 7.98. The molecule has 26 heavy (non-hydrogen) atoms. The minimum Gasteiger partial charge on any atom is -0.497 e. The maximum absolute atomic E-state index is 5.29. The summed E-state index contributed by atoms with van der Waals surface area (Å²) in [6, 6.07) is 18.6. The molecule has 0 saturated heterocycles. The van der Waals surface area contributed by atoms with E-state index < -0.39 is 0 Å². The molecule has 134 valence electrons. The molecule has 0 radical (unpaired) electrons. The lowest BCUT2D eigenvalue weighted by atomic mass is 10.1. The third-order valence-corrected chi connectivity index (χ3v) is 5.13. The second kappa shape index (κ2) is 9.25. The normalized spacial score (nSPS) is 10.7. The summed E-state index contributed by atoms with van der Waals surface area (Å²) in [4.78, 5) is 0. The van der Waals surface area contributed by atoms with Crippen LogP contribution in [0.5, 0.6) is 5.75 Å². The van der Waals surface area contributed by atoms with Gasteiger partial charge >= 0.3 is 0 Å². The number of aryl methyl sites for hydroxylation is 2. The van der Waals surface area contributed by atoms with E-state index in [1.54, 1.807) is 18.9 Å². The topological polar surface area (TPSA) is 39.9 Å². The second-order valence-electron chi connectivity index (χ2n) is 5.92. The van der Waals surface area contributed by atoms with Gasteiger partial charge in [0.1, 0.15) is 11.6 Å². The fraction of sp³-hybridized carbons (Fsp3) is 0.238. The molecule has 0 bridgehead atoms. The molecule has 0 atom stereocenters. The first kappa shape index (κ1) is 18.3. The number of thioether (sulfide) groups is 1. The van der Waals surface area contributed by atoms with E-state index in [0.717, 1.165) is 41.9 Å². The van der Waals surface area contributed by atoms with Crippen molar-refractivity contribution in [2.45, 2.75) is 30.3 Å². The summed E-state index contributed by atoms with van der Waals surface area (Å²) in [5.74, 6) is 2.70.